The normalized spacial score (nSPS) is 21.9. The fourth-order valence-corrected chi connectivity index (χ4v) is 8.14. The van der Waals surface area contributed by atoms with Crippen LogP contribution in [0.3, 0.4) is 0 Å². The zero-order chi connectivity index (χ0) is 37.3. The van der Waals surface area contributed by atoms with Crippen molar-refractivity contribution in [3.63, 3.8) is 0 Å². The lowest BCUT2D eigenvalue weighted by Gasteiger charge is -2.21. The average molecular weight is 887 g/mol. The molecule has 26 heteroatoms. The number of amides is 2. The standard InChI is InChI=1S/C24H41IN7O15P3/c1-30(18(34)8-4-3-5-9-26-17(33)12-25)10-6-7-11-31(2)22-19-23(28-14-27-22)32(15-29-19)24-21(36)20(35)16(45-24)13-44-49(40,41)47-50(42,43)46-48(37,38)39/h14-16,20-21,24,35-36H,3-13H2,1-2H3,(H,26,33)(H,40,41)(H,42,43)(H2,37,38,39)/t16-,20-,21-,24-/m1/s1. The van der Waals surface area contributed by atoms with Gasteiger partial charge in [-0.1, -0.05) is 29.0 Å². The maximum atomic E-state index is 12.5. The van der Waals surface area contributed by atoms with Gasteiger partial charge in [0, 0.05) is 40.2 Å². The second-order valence-electron chi connectivity index (χ2n) is 11.2. The van der Waals surface area contributed by atoms with E-state index in [9.17, 15) is 43.3 Å². The smallest absolute Gasteiger partial charge is 0.387 e. The molecule has 50 heavy (non-hydrogen) atoms. The molecule has 1 saturated heterocycles. The number of ether oxygens (including phenoxy) is 1. The summed E-state index contributed by atoms with van der Waals surface area (Å²) in [5.41, 5.74) is 0.544. The number of aromatic nitrogens is 4. The number of carbonyl (C=O) groups excluding carboxylic acids is 2. The van der Waals surface area contributed by atoms with Gasteiger partial charge in [-0.15, -0.1) is 0 Å². The van der Waals surface area contributed by atoms with E-state index in [2.05, 4.69) is 33.4 Å². The Labute approximate surface area is 300 Å². The van der Waals surface area contributed by atoms with E-state index in [4.69, 9.17) is 14.5 Å². The number of rotatable bonds is 21. The van der Waals surface area contributed by atoms with Crippen molar-refractivity contribution < 1.29 is 71.0 Å². The van der Waals surface area contributed by atoms with Crippen molar-refractivity contribution in [2.45, 2.75) is 63.1 Å². The van der Waals surface area contributed by atoms with Gasteiger partial charge in [-0.3, -0.25) is 18.7 Å². The van der Waals surface area contributed by atoms with Crippen LogP contribution in [0, 0.1) is 0 Å². The first-order valence-corrected chi connectivity index (χ1v) is 21.1. The van der Waals surface area contributed by atoms with Gasteiger partial charge in [-0.05, 0) is 25.7 Å². The van der Waals surface area contributed by atoms with E-state index in [1.54, 1.807) is 19.0 Å². The number of fused-ring (bicyclic) bond motifs is 1. The Balaban J connectivity index is 1.51. The number of anilines is 1. The van der Waals surface area contributed by atoms with Crippen LogP contribution in [0.15, 0.2) is 12.7 Å². The second-order valence-corrected chi connectivity index (χ2v) is 16.4. The van der Waals surface area contributed by atoms with Gasteiger partial charge in [0.1, 0.15) is 24.6 Å². The van der Waals surface area contributed by atoms with Gasteiger partial charge in [0.25, 0.3) is 0 Å². The summed E-state index contributed by atoms with van der Waals surface area (Å²) < 4.78 is 53.6. The van der Waals surface area contributed by atoms with Crippen molar-refractivity contribution in [2.75, 3.05) is 49.7 Å². The van der Waals surface area contributed by atoms with Crippen LogP contribution in [-0.4, -0.2) is 129 Å². The number of nitrogens with one attached hydrogen (secondary N) is 1. The molecule has 0 aliphatic carbocycles. The third kappa shape index (κ3) is 13.1. The summed E-state index contributed by atoms with van der Waals surface area (Å²) in [6, 6.07) is 0. The molecule has 22 nitrogen and oxygen atoms in total. The third-order valence-electron chi connectivity index (χ3n) is 7.30. The first-order chi connectivity index (χ1) is 23.3. The largest absolute Gasteiger partial charge is 0.490 e. The van der Waals surface area contributed by atoms with E-state index in [0.29, 0.717) is 48.2 Å². The number of phosphoric ester groups is 1. The topological polar surface area (TPSA) is 306 Å². The number of unbranched alkanes of at least 4 members (excludes halogenated alkanes) is 3. The van der Waals surface area contributed by atoms with Crippen LogP contribution in [0.2, 0.25) is 0 Å². The summed E-state index contributed by atoms with van der Waals surface area (Å²) in [6.07, 6.45) is 0.655. The quantitative estimate of drug-likeness (QED) is 0.0390. The van der Waals surface area contributed by atoms with Gasteiger partial charge in [0.15, 0.2) is 23.2 Å². The van der Waals surface area contributed by atoms with Crippen molar-refractivity contribution in [2.24, 2.45) is 0 Å². The zero-order valence-electron chi connectivity index (χ0n) is 27.0. The summed E-state index contributed by atoms with van der Waals surface area (Å²) in [7, 11) is -13.3. The Bertz CT molecular complexity index is 1600. The van der Waals surface area contributed by atoms with E-state index in [1.165, 1.54) is 17.2 Å². The molecule has 2 aromatic heterocycles. The maximum Gasteiger partial charge on any atom is 0.490 e. The van der Waals surface area contributed by atoms with E-state index in [0.717, 1.165) is 25.7 Å². The second kappa shape index (κ2) is 18.9. The molecule has 1 fully saturated rings. The van der Waals surface area contributed by atoms with Gasteiger partial charge in [-0.2, -0.15) is 8.62 Å². The first-order valence-electron chi connectivity index (χ1n) is 15.1. The molecule has 7 N–H and O–H groups in total. The van der Waals surface area contributed by atoms with Gasteiger partial charge in [0.05, 0.1) is 17.4 Å². The molecule has 284 valence electrons. The highest BCUT2D eigenvalue weighted by Gasteiger charge is 2.47. The number of halogens is 1. The van der Waals surface area contributed by atoms with Gasteiger partial charge < -0.3 is 49.6 Å². The Morgan fingerprint density at radius 3 is 2.34 bits per heavy atom. The van der Waals surface area contributed by atoms with E-state index >= 15 is 0 Å². The highest BCUT2D eigenvalue weighted by molar-refractivity contribution is 14.1. The van der Waals surface area contributed by atoms with E-state index < -0.39 is 54.6 Å². The molecule has 3 rings (SSSR count). The molecule has 1 aliphatic heterocycles. The van der Waals surface area contributed by atoms with E-state index in [1.807, 2.05) is 27.5 Å². The molecule has 3 heterocycles. The third-order valence-corrected chi connectivity index (χ3v) is 11.8. The van der Waals surface area contributed by atoms with Gasteiger partial charge >= 0.3 is 23.5 Å². The number of aliphatic hydroxyl groups excluding tert-OH is 2. The predicted octanol–water partition coefficient (Wildman–Crippen LogP) is 0.575. The minimum absolute atomic E-state index is 0.00132. The molecule has 1 aliphatic rings. The number of phosphoric acid groups is 3. The lowest BCUT2D eigenvalue weighted by Crippen LogP contribution is -2.33. The van der Waals surface area contributed by atoms with Crippen LogP contribution in [0.1, 0.15) is 44.8 Å². The number of aliphatic hydroxyl groups is 2. The van der Waals surface area contributed by atoms with Crippen molar-refractivity contribution in [1.29, 1.82) is 0 Å². The zero-order valence-corrected chi connectivity index (χ0v) is 31.8. The molecule has 6 atom stereocenters. The molecular formula is C24H41IN7O15P3. The Morgan fingerprint density at radius 2 is 1.66 bits per heavy atom. The summed E-state index contributed by atoms with van der Waals surface area (Å²) in [5, 5.41) is 24.0. The summed E-state index contributed by atoms with van der Waals surface area (Å²) in [4.78, 5) is 76.4. The molecule has 0 bridgehead atoms. The summed E-state index contributed by atoms with van der Waals surface area (Å²) in [5.74, 6) is 0.502. The number of alkyl halides is 1. The monoisotopic (exact) mass is 887 g/mol. The van der Waals surface area contributed by atoms with E-state index in [-0.39, 0.29) is 17.5 Å². The lowest BCUT2D eigenvalue weighted by molar-refractivity contribution is -0.130. The number of imidazole rings is 1. The highest BCUT2D eigenvalue weighted by Crippen LogP contribution is 2.66. The van der Waals surface area contributed by atoms with Crippen LogP contribution in [0.5, 0.6) is 0 Å². The van der Waals surface area contributed by atoms with Crippen LogP contribution >= 0.6 is 46.1 Å². The molecule has 0 spiro atoms. The number of hydrogen-bond donors (Lipinski definition) is 7. The van der Waals surface area contributed by atoms with Crippen LogP contribution < -0.4 is 10.2 Å². The molecule has 0 radical (unpaired) electrons. The van der Waals surface area contributed by atoms with Crippen LogP contribution in [0.25, 0.3) is 11.2 Å². The maximum absolute atomic E-state index is 12.5. The lowest BCUT2D eigenvalue weighted by atomic mass is 10.1. The molecule has 0 aromatic carbocycles. The van der Waals surface area contributed by atoms with Crippen molar-refractivity contribution in [3.8, 4) is 0 Å². The van der Waals surface area contributed by atoms with Gasteiger partial charge in [0.2, 0.25) is 11.8 Å². The van der Waals surface area contributed by atoms with Crippen molar-refractivity contribution >= 4 is 74.9 Å². The highest BCUT2D eigenvalue weighted by atomic mass is 127. The Morgan fingerprint density at radius 1 is 0.960 bits per heavy atom. The average Bonchev–Trinajstić information content (AvgIpc) is 3.57. The number of carbonyl (C=O) groups is 2. The van der Waals surface area contributed by atoms with Crippen LogP contribution in [-0.2, 0) is 41.2 Å². The SMILES string of the molecule is CN(CCCCN(C)c1ncnc2c1ncn2[C@@H]1O[C@H](COP(=O)(O)OP(=O)(O)OP(=O)(O)O)[C@@H](O)[C@H]1O)C(=O)CCCCCNC(=O)CI. The van der Waals surface area contributed by atoms with Crippen molar-refractivity contribution in [1.82, 2.24) is 29.7 Å². The fourth-order valence-electron chi connectivity index (χ4n) is 4.85. The number of nitrogens with zero attached hydrogens (tertiary/aromatic N) is 6. The molecular weight excluding hydrogens is 846 g/mol. The Kier molecular flexibility index (Phi) is 16.1. The minimum atomic E-state index is -5.75. The van der Waals surface area contributed by atoms with Gasteiger partial charge in [-0.25, -0.2) is 28.6 Å². The van der Waals surface area contributed by atoms with Crippen molar-refractivity contribution in [3.05, 3.63) is 12.7 Å². The first kappa shape index (κ1) is 42.7. The minimum Gasteiger partial charge on any atom is -0.387 e. The molecule has 0 saturated carbocycles. The Hall–Kier alpha value is -1.69. The molecule has 2 amide bonds. The fraction of sp³-hybridized carbons (Fsp3) is 0.708. The summed E-state index contributed by atoms with van der Waals surface area (Å²) in [6.45, 7) is 0.738. The molecule has 2 unspecified atom stereocenters. The van der Waals surface area contributed by atoms with Crippen LogP contribution in [0.4, 0.5) is 5.82 Å². The summed E-state index contributed by atoms with van der Waals surface area (Å²) >= 11 is 2.00. The predicted molar refractivity (Wildman–Crippen MR) is 182 cm³/mol. The molecule has 2 aromatic rings. The number of hydrogen-bond acceptors (Lipinski definition) is 15.